The zero-order valence-electron chi connectivity index (χ0n) is 14.8. The van der Waals surface area contributed by atoms with Gasteiger partial charge in [0, 0.05) is 18.9 Å². The van der Waals surface area contributed by atoms with E-state index in [1.165, 1.54) is 0 Å². The van der Waals surface area contributed by atoms with Crippen LogP contribution in [0.1, 0.15) is 63.5 Å². The van der Waals surface area contributed by atoms with Crippen LogP contribution in [0.2, 0.25) is 0 Å². The van der Waals surface area contributed by atoms with Crippen molar-refractivity contribution in [2.24, 2.45) is 5.92 Å². The molecule has 132 valence electrons. The number of nitrogens with zero attached hydrogens (tertiary/aromatic N) is 1. The van der Waals surface area contributed by atoms with Gasteiger partial charge in [0.25, 0.3) is 0 Å². The number of benzene rings is 1. The standard InChI is InChI=1S/C20H29NO3/c1-3-6-18(22)21-14-13-20(23)12-5-4-7-17(20)19(21)15-8-10-16(24-2)11-9-15/h8-11,17,19,23H,3-7,12-14H2,1-2H3/t17-,19-,20-/m0/s1. The van der Waals surface area contributed by atoms with Gasteiger partial charge in [0.05, 0.1) is 18.8 Å². The fourth-order valence-corrected chi connectivity index (χ4v) is 4.53. The van der Waals surface area contributed by atoms with Crippen LogP contribution in [-0.2, 0) is 4.79 Å². The maximum atomic E-state index is 12.7. The maximum Gasteiger partial charge on any atom is 0.223 e. The van der Waals surface area contributed by atoms with Gasteiger partial charge < -0.3 is 14.7 Å². The van der Waals surface area contributed by atoms with Crippen LogP contribution in [0.25, 0.3) is 0 Å². The van der Waals surface area contributed by atoms with E-state index in [1.54, 1.807) is 7.11 Å². The van der Waals surface area contributed by atoms with Gasteiger partial charge in [0.2, 0.25) is 5.91 Å². The summed E-state index contributed by atoms with van der Waals surface area (Å²) in [4.78, 5) is 14.7. The van der Waals surface area contributed by atoms with Crippen molar-refractivity contribution in [2.45, 2.75) is 63.5 Å². The Labute approximate surface area is 144 Å². The molecule has 1 saturated heterocycles. The van der Waals surface area contributed by atoms with Gasteiger partial charge in [-0.2, -0.15) is 0 Å². The molecule has 2 aliphatic rings. The highest BCUT2D eigenvalue weighted by molar-refractivity contribution is 5.77. The molecule has 1 aromatic rings. The van der Waals surface area contributed by atoms with Gasteiger partial charge in [-0.3, -0.25) is 4.79 Å². The number of ether oxygens (including phenoxy) is 1. The minimum Gasteiger partial charge on any atom is -0.497 e. The van der Waals surface area contributed by atoms with Crippen LogP contribution in [0.4, 0.5) is 0 Å². The third-order valence-corrected chi connectivity index (χ3v) is 5.81. The molecule has 24 heavy (non-hydrogen) atoms. The monoisotopic (exact) mass is 331 g/mol. The van der Waals surface area contributed by atoms with Crippen molar-refractivity contribution in [3.8, 4) is 5.75 Å². The number of carbonyl (C=O) groups is 1. The van der Waals surface area contributed by atoms with Crippen LogP contribution < -0.4 is 4.74 Å². The van der Waals surface area contributed by atoms with E-state index in [-0.39, 0.29) is 17.9 Å². The van der Waals surface area contributed by atoms with E-state index in [9.17, 15) is 9.90 Å². The SMILES string of the molecule is CCCC(=O)N1CC[C@@]2(O)CCCC[C@H]2[C@@H]1c1ccc(OC)cc1. The molecule has 0 unspecified atom stereocenters. The average molecular weight is 331 g/mol. The number of hydrogen-bond acceptors (Lipinski definition) is 3. The summed E-state index contributed by atoms with van der Waals surface area (Å²) in [6.07, 6.45) is 6.22. The normalized spacial score (nSPS) is 29.9. The first kappa shape index (κ1) is 17.3. The highest BCUT2D eigenvalue weighted by atomic mass is 16.5. The lowest BCUT2D eigenvalue weighted by Crippen LogP contribution is -2.56. The summed E-state index contributed by atoms with van der Waals surface area (Å²) < 4.78 is 5.27. The fourth-order valence-electron chi connectivity index (χ4n) is 4.53. The molecular weight excluding hydrogens is 302 g/mol. The summed E-state index contributed by atoms with van der Waals surface area (Å²) in [7, 11) is 1.66. The van der Waals surface area contributed by atoms with E-state index in [1.807, 2.05) is 24.0 Å². The van der Waals surface area contributed by atoms with Crippen molar-refractivity contribution in [3.05, 3.63) is 29.8 Å². The van der Waals surface area contributed by atoms with Gasteiger partial charge in [0.15, 0.2) is 0 Å². The summed E-state index contributed by atoms with van der Waals surface area (Å²) in [5, 5.41) is 11.2. The maximum absolute atomic E-state index is 12.7. The summed E-state index contributed by atoms with van der Waals surface area (Å²) in [6, 6.07) is 7.99. The van der Waals surface area contributed by atoms with E-state index >= 15 is 0 Å². The highest BCUT2D eigenvalue weighted by Crippen LogP contribution is 2.49. The Balaban J connectivity index is 1.96. The number of amides is 1. The quantitative estimate of drug-likeness (QED) is 0.915. The van der Waals surface area contributed by atoms with Crippen molar-refractivity contribution in [2.75, 3.05) is 13.7 Å². The fraction of sp³-hybridized carbons (Fsp3) is 0.650. The first-order valence-corrected chi connectivity index (χ1v) is 9.25. The molecule has 0 radical (unpaired) electrons. The minimum atomic E-state index is -0.619. The molecule has 3 atom stereocenters. The minimum absolute atomic E-state index is 0.0194. The lowest BCUT2D eigenvalue weighted by Gasteiger charge is -2.52. The molecule has 4 heteroatoms. The largest absolute Gasteiger partial charge is 0.497 e. The summed E-state index contributed by atoms with van der Waals surface area (Å²) >= 11 is 0. The highest BCUT2D eigenvalue weighted by Gasteiger charge is 2.49. The zero-order valence-corrected chi connectivity index (χ0v) is 14.8. The van der Waals surface area contributed by atoms with Gasteiger partial charge in [-0.25, -0.2) is 0 Å². The van der Waals surface area contributed by atoms with Crippen LogP contribution in [0, 0.1) is 5.92 Å². The summed E-state index contributed by atoms with van der Waals surface area (Å²) in [6.45, 7) is 2.70. The lowest BCUT2D eigenvalue weighted by molar-refractivity contribution is -0.155. The number of methoxy groups -OCH3 is 1. The number of likely N-dealkylation sites (tertiary alicyclic amines) is 1. The van der Waals surface area contributed by atoms with Crippen LogP contribution in [-0.4, -0.2) is 35.2 Å². The Morgan fingerprint density at radius 3 is 2.71 bits per heavy atom. The zero-order chi connectivity index (χ0) is 17.2. The molecule has 0 aromatic heterocycles. The van der Waals surface area contributed by atoms with Crippen molar-refractivity contribution in [1.29, 1.82) is 0 Å². The predicted octanol–water partition coefficient (Wildman–Crippen LogP) is 3.69. The molecule has 1 N–H and O–H groups in total. The topological polar surface area (TPSA) is 49.8 Å². The molecule has 2 fully saturated rings. The van der Waals surface area contributed by atoms with Gasteiger partial charge in [0.1, 0.15) is 5.75 Å². The van der Waals surface area contributed by atoms with E-state index in [0.717, 1.165) is 43.4 Å². The second kappa shape index (κ2) is 7.14. The molecular formula is C20H29NO3. The number of piperidine rings is 1. The molecule has 0 bridgehead atoms. The second-order valence-corrected chi connectivity index (χ2v) is 7.26. The van der Waals surface area contributed by atoms with Crippen molar-refractivity contribution >= 4 is 5.91 Å². The number of rotatable bonds is 4. The van der Waals surface area contributed by atoms with Crippen LogP contribution >= 0.6 is 0 Å². The molecule has 4 nitrogen and oxygen atoms in total. The number of carbonyl (C=O) groups excluding carboxylic acids is 1. The number of fused-ring (bicyclic) bond motifs is 1. The average Bonchev–Trinajstić information content (AvgIpc) is 2.60. The van der Waals surface area contributed by atoms with E-state index in [2.05, 4.69) is 12.1 Å². The Bertz CT molecular complexity index is 571. The first-order chi connectivity index (χ1) is 11.6. The summed E-state index contributed by atoms with van der Waals surface area (Å²) in [5.74, 6) is 1.17. The Morgan fingerprint density at radius 2 is 2.04 bits per heavy atom. The van der Waals surface area contributed by atoms with Crippen LogP contribution in [0.5, 0.6) is 5.75 Å². The summed E-state index contributed by atoms with van der Waals surface area (Å²) in [5.41, 5.74) is 0.497. The molecule has 1 saturated carbocycles. The number of hydrogen-bond donors (Lipinski definition) is 1. The van der Waals surface area contributed by atoms with Crippen molar-refractivity contribution < 1.29 is 14.6 Å². The molecule has 1 amide bonds. The second-order valence-electron chi connectivity index (χ2n) is 7.26. The van der Waals surface area contributed by atoms with Crippen molar-refractivity contribution in [3.63, 3.8) is 0 Å². The van der Waals surface area contributed by atoms with Crippen molar-refractivity contribution in [1.82, 2.24) is 4.90 Å². The van der Waals surface area contributed by atoms with Gasteiger partial charge in [-0.15, -0.1) is 0 Å². The Kier molecular flexibility index (Phi) is 5.14. The third-order valence-electron chi connectivity index (χ3n) is 5.81. The number of aliphatic hydroxyl groups is 1. The van der Waals surface area contributed by atoms with Gasteiger partial charge >= 0.3 is 0 Å². The lowest BCUT2D eigenvalue weighted by atomic mass is 9.66. The molecule has 3 rings (SSSR count). The smallest absolute Gasteiger partial charge is 0.223 e. The first-order valence-electron chi connectivity index (χ1n) is 9.25. The van der Waals surface area contributed by atoms with E-state index < -0.39 is 5.60 Å². The van der Waals surface area contributed by atoms with Gasteiger partial charge in [-0.1, -0.05) is 31.9 Å². The molecule has 0 spiro atoms. The molecule has 1 aliphatic heterocycles. The van der Waals surface area contributed by atoms with Gasteiger partial charge in [-0.05, 0) is 43.4 Å². The van der Waals surface area contributed by atoms with E-state index in [4.69, 9.17) is 4.74 Å². The third kappa shape index (κ3) is 3.16. The predicted molar refractivity (Wildman–Crippen MR) is 93.9 cm³/mol. The van der Waals surface area contributed by atoms with E-state index in [0.29, 0.717) is 19.4 Å². The van der Waals surface area contributed by atoms with Crippen LogP contribution in [0.15, 0.2) is 24.3 Å². The Morgan fingerprint density at radius 1 is 1.29 bits per heavy atom. The molecule has 1 heterocycles. The molecule has 1 aliphatic carbocycles. The van der Waals surface area contributed by atoms with Crippen LogP contribution in [0.3, 0.4) is 0 Å². The Hall–Kier alpha value is -1.55. The molecule has 1 aromatic carbocycles.